The maximum atomic E-state index is 9.19. The summed E-state index contributed by atoms with van der Waals surface area (Å²) in [6, 6.07) is 7.98. The van der Waals surface area contributed by atoms with Crippen LogP contribution in [-0.2, 0) is 6.54 Å². The molecule has 0 bridgehead atoms. The molecule has 16 heavy (non-hydrogen) atoms. The minimum absolute atomic E-state index is 0.329. The molecule has 0 heterocycles. The average Bonchev–Trinajstić information content (AvgIpc) is 2.58. The predicted octanol–water partition coefficient (Wildman–Crippen LogP) is 2.92. The standard InChI is InChI=1S/C14H21NO/c1-13(2)12(14(13,3)4)15-9-10-5-7-11(16)8-6-10/h5-8,12,15-16H,9H2,1-4H3. The smallest absolute Gasteiger partial charge is 0.115 e. The molecule has 2 nitrogen and oxygen atoms in total. The summed E-state index contributed by atoms with van der Waals surface area (Å²) in [6.07, 6.45) is 0. The van der Waals surface area contributed by atoms with Crippen molar-refractivity contribution in [3.8, 4) is 5.75 Å². The van der Waals surface area contributed by atoms with E-state index in [1.54, 1.807) is 12.1 Å². The largest absolute Gasteiger partial charge is 0.508 e. The molecular formula is C14H21NO. The van der Waals surface area contributed by atoms with Crippen molar-refractivity contribution in [1.29, 1.82) is 0 Å². The molecule has 0 aliphatic heterocycles. The molecular weight excluding hydrogens is 198 g/mol. The zero-order chi connectivity index (χ0) is 12.0. The van der Waals surface area contributed by atoms with Crippen LogP contribution >= 0.6 is 0 Å². The average molecular weight is 219 g/mol. The van der Waals surface area contributed by atoms with Gasteiger partial charge in [0, 0.05) is 12.6 Å². The third kappa shape index (κ3) is 1.71. The fourth-order valence-electron chi connectivity index (χ4n) is 2.54. The molecule has 0 saturated heterocycles. The lowest BCUT2D eigenvalue weighted by Gasteiger charge is -2.06. The van der Waals surface area contributed by atoms with Crippen LogP contribution in [0.15, 0.2) is 24.3 Å². The molecule has 0 unspecified atom stereocenters. The van der Waals surface area contributed by atoms with E-state index in [0.29, 0.717) is 22.6 Å². The van der Waals surface area contributed by atoms with Gasteiger partial charge in [-0.3, -0.25) is 0 Å². The Morgan fingerprint density at radius 3 is 2.00 bits per heavy atom. The van der Waals surface area contributed by atoms with Crippen LogP contribution in [0, 0.1) is 10.8 Å². The summed E-state index contributed by atoms with van der Waals surface area (Å²) in [5, 5.41) is 12.8. The Bertz CT molecular complexity index is 364. The van der Waals surface area contributed by atoms with Gasteiger partial charge in [0.05, 0.1) is 0 Å². The van der Waals surface area contributed by atoms with Crippen LogP contribution in [0.2, 0.25) is 0 Å². The first-order valence-electron chi connectivity index (χ1n) is 5.87. The summed E-state index contributed by atoms with van der Waals surface area (Å²) in [5.74, 6) is 0.329. The number of hydrogen-bond acceptors (Lipinski definition) is 2. The molecule has 0 aromatic heterocycles. The van der Waals surface area contributed by atoms with Crippen LogP contribution in [0.4, 0.5) is 0 Å². The zero-order valence-corrected chi connectivity index (χ0v) is 10.5. The van der Waals surface area contributed by atoms with Gasteiger partial charge in [0.15, 0.2) is 0 Å². The van der Waals surface area contributed by atoms with Crippen LogP contribution in [0.25, 0.3) is 0 Å². The minimum atomic E-state index is 0.329. The SMILES string of the molecule is CC1(C)C(NCc2ccc(O)cc2)C1(C)C. The molecule has 1 aliphatic rings. The van der Waals surface area contributed by atoms with Gasteiger partial charge in [0.25, 0.3) is 0 Å². The highest BCUT2D eigenvalue weighted by Gasteiger charge is 2.64. The van der Waals surface area contributed by atoms with Crippen LogP contribution < -0.4 is 5.32 Å². The van der Waals surface area contributed by atoms with E-state index in [0.717, 1.165) is 6.54 Å². The Morgan fingerprint density at radius 1 is 1.06 bits per heavy atom. The van der Waals surface area contributed by atoms with Crippen molar-refractivity contribution < 1.29 is 5.11 Å². The van der Waals surface area contributed by atoms with Crippen LogP contribution in [0.1, 0.15) is 33.3 Å². The van der Waals surface area contributed by atoms with Crippen molar-refractivity contribution in [1.82, 2.24) is 5.32 Å². The van der Waals surface area contributed by atoms with E-state index in [1.165, 1.54) is 5.56 Å². The third-order valence-electron chi connectivity index (χ3n) is 4.47. The molecule has 1 saturated carbocycles. The molecule has 0 atom stereocenters. The maximum absolute atomic E-state index is 9.19. The molecule has 1 aromatic rings. The summed E-state index contributed by atoms with van der Waals surface area (Å²) in [6.45, 7) is 10.1. The third-order valence-corrected chi connectivity index (χ3v) is 4.47. The van der Waals surface area contributed by atoms with Crippen molar-refractivity contribution in [2.45, 2.75) is 40.3 Å². The first-order valence-corrected chi connectivity index (χ1v) is 5.87. The topological polar surface area (TPSA) is 32.3 Å². The van der Waals surface area contributed by atoms with Crippen molar-refractivity contribution in [3.63, 3.8) is 0 Å². The lowest BCUT2D eigenvalue weighted by Crippen LogP contribution is -2.21. The van der Waals surface area contributed by atoms with Gasteiger partial charge in [-0.15, -0.1) is 0 Å². The Kier molecular flexibility index (Phi) is 2.50. The normalized spacial score (nSPS) is 22.0. The van der Waals surface area contributed by atoms with E-state index < -0.39 is 0 Å². The first-order chi connectivity index (χ1) is 7.35. The maximum Gasteiger partial charge on any atom is 0.115 e. The molecule has 2 rings (SSSR count). The predicted molar refractivity (Wildman–Crippen MR) is 66.3 cm³/mol. The van der Waals surface area contributed by atoms with E-state index in [-0.39, 0.29) is 0 Å². The second-order valence-corrected chi connectivity index (χ2v) is 5.92. The van der Waals surface area contributed by atoms with Gasteiger partial charge in [0.2, 0.25) is 0 Å². The summed E-state index contributed by atoms with van der Waals surface area (Å²) < 4.78 is 0. The fraction of sp³-hybridized carbons (Fsp3) is 0.571. The number of hydrogen-bond donors (Lipinski definition) is 2. The summed E-state index contributed by atoms with van der Waals surface area (Å²) in [4.78, 5) is 0. The van der Waals surface area contributed by atoms with E-state index in [9.17, 15) is 5.11 Å². The number of aromatic hydroxyl groups is 1. The quantitative estimate of drug-likeness (QED) is 0.819. The van der Waals surface area contributed by atoms with Crippen LogP contribution in [-0.4, -0.2) is 11.1 Å². The van der Waals surface area contributed by atoms with Gasteiger partial charge >= 0.3 is 0 Å². The van der Waals surface area contributed by atoms with E-state index in [2.05, 4.69) is 33.0 Å². The lowest BCUT2D eigenvalue weighted by atomic mass is 10.0. The number of phenolic OH excluding ortho intramolecular Hbond substituents is 1. The number of benzene rings is 1. The molecule has 0 radical (unpaired) electrons. The number of phenols is 1. The van der Waals surface area contributed by atoms with Crippen LogP contribution in [0.3, 0.4) is 0 Å². The van der Waals surface area contributed by atoms with E-state index >= 15 is 0 Å². The Morgan fingerprint density at radius 2 is 1.56 bits per heavy atom. The van der Waals surface area contributed by atoms with Crippen molar-refractivity contribution >= 4 is 0 Å². The molecule has 2 N–H and O–H groups in total. The Balaban J connectivity index is 1.93. The minimum Gasteiger partial charge on any atom is -0.508 e. The van der Waals surface area contributed by atoms with E-state index in [1.807, 2.05) is 12.1 Å². The van der Waals surface area contributed by atoms with Crippen molar-refractivity contribution in [2.75, 3.05) is 0 Å². The van der Waals surface area contributed by atoms with Gasteiger partial charge < -0.3 is 10.4 Å². The Hall–Kier alpha value is -1.02. The molecule has 0 amide bonds. The summed E-state index contributed by atoms with van der Waals surface area (Å²) in [5.41, 5.74) is 1.98. The van der Waals surface area contributed by atoms with Crippen molar-refractivity contribution in [3.05, 3.63) is 29.8 Å². The fourth-order valence-corrected chi connectivity index (χ4v) is 2.54. The molecule has 1 aliphatic carbocycles. The highest BCUT2D eigenvalue weighted by molar-refractivity contribution is 5.26. The summed E-state index contributed by atoms with van der Waals surface area (Å²) in [7, 11) is 0. The lowest BCUT2D eigenvalue weighted by molar-refractivity contribution is 0.457. The van der Waals surface area contributed by atoms with Gasteiger partial charge in [-0.1, -0.05) is 39.8 Å². The summed E-state index contributed by atoms with van der Waals surface area (Å²) >= 11 is 0. The van der Waals surface area contributed by atoms with Gasteiger partial charge in [-0.2, -0.15) is 0 Å². The molecule has 2 heteroatoms. The molecule has 0 spiro atoms. The van der Waals surface area contributed by atoms with Gasteiger partial charge in [-0.05, 0) is 28.5 Å². The molecule has 1 fully saturated rings. The molecule has 88 valence electrons. The number of rotatable bonds is 3. The van der Waals surface area contributed by atoms with Gasteiger partial charge in [0.1, 0.15) is 5.75 Å². The van der Waals surface area contributed by atoms with Crippen molar-refractivity contribution in [2.24, 2.45) is 10.8 Å². The first kappa shape index (κ1) is 11.5. The highest BCUT2D eigenvalue weighted by Crippen LogP contribution is 2.62. The zero-order valence-electron chi connectivity index (χ0n) is 10.5. The van der Waals surface area contributed by atoms with Gasteiger partial charge in [-0.25, -0.2) is 0 Å². The monoisotopic (exact) mass is 219 g/mol. The molecule has 1 aromatic carbocycles. The van der Waals surface area contributed by atoms with Crippen LogP contribution in [0.5, 0.6) is 5.75 Å². The van der Waals surface area contributed by atoms with E-state index in [4.69, 9.17) is 0 Å². The highest BCUT2D eigenvalue weighted by atomic mass is 16.3. The Labute approximate surface area is 97.7 Å². The second kappa shape index (κ2) is 3.49. The number of nitrogens with one attached hydrogen (secondary N) is 1. The second-order valence-electron chi connectivity index (χ2n) is 5.92.